The van der Waals surface area contributed by atoms with Crippen molar-refractivity contribution < 1.29 is 18.7 Å². The Morgan fingerprint density at radius 2 is 1.88 bits per heavy atom. The van der Waals surface area contributed by atoms with Crippen LogP contribution in [-0.4, -0.2) is 25.5 Å². The minimum Gasteiger partial charge on any atom is -0.380 e. The molecule has 0 spiro atoms. The summed E-state index contributed by atoms with van der Waals surface area (Å²) in [6.45, 7) is 1.07. The number of carbonyl (C=O) groups is 2. The predicted molar refractivity (Wildman–Crippen MR) is 97.4 cm³/mol. The number of ether oxygens (including phenoxy) is 1. The van der Waals surface area contributed by atoms with Crippen LogP contribution in [0.4, 0.5) is 4.39 Å². The third kappa shape index (κ3) is 6.13. The van der Waals surface area contributed by atoms with E-state index < -0.39 is 11.7 Å². The number of hydrogen-bond donors (Lipinski definition) is 2. The monoisotopic (exact) mass is 378 g/mol. The zero-order valence-corrected chi connectivity index (χ0v) is 15.1. The van der Waals surface area contributed by atoms with Crippen molar-refractivity contribution in [2.24, 2.45) is 0 Å². The van der Waals surface area contributed by atoms with E-state index in [0.717, 1.165) is 23.3 Å². The van der Waals surface area contributed by atoms with Gasteiger partial charge >= 0.3 is 0 Å². The highest BCUT2D eigenvalue weighted by molar-refractivity contribution is 6.33. The molecule has 2 aromatic rings. The summed E-state index contributed by atoms with van der Waals surface area (Å²) in [6, 6.07) is 11.3. The largest absolute Gasteiger partial charge is 0.380 e. The minimum atomic E-state index is -0.513. The first-order valence-corrected chi connectivity index (χ1v) is 8.44. The van der Waals surface area contributed by atoms with Gasteiger partial charge in [0.25, 0.3) is 5.91 Å². The molecule has 0 aliphatic carbocycles. The summed E-state index contributed by atoms with van der Waals surface area (Å²) in [5, 5.41) is 5.42. The second kappa shape index (κ2) is 9.89. The van der Waals surface area contributed by atoms with Crippen molar-refractivity contribution in [2.45, 2.75) is 19.6 Å². The Labute approximate surface area is 156 Å². The molecule has 0 saturated heterocycles. The van der Waals surface area contributed by atoms with Crippen LogP contribution in [0.2, 0.25) is 5.02 Å². The number of rotatable bonds is 8. The van der Waals surface area contributed by atoms with Gasteiger partial charge < -0.3 is 15.4 Å². The number of hydrogen-bond acceptors (Lipinski definition) is 3. The molecule has 2 rings (SSSR count). The van der Waals surface area contributed by atoms with Gasteiger partial charge in [0.1, 0.15) is 5.82 Å². The third-order valence-corrected chi connectivity index (χ3v) is 3.92. The second-order valence-electron chi connectivity index (χ2n) is 5.66. The molecule has 2 aromatic carbocycles. The highest BCUT2D eigenvalue weighted by Gasteiger charge is 2.11. The number of benzene rings is 2. The molecule has 7 heteroatoms. The Morgan fingerprint density at radius 1 is 1.12 bits per heavy atom. The molecule has 0 atom stereocenters. The summed E-state index contributed by atoms with van der Waals surface area (Å²) >= 11 is 5.83. The Balaban J connectivity index is 1.75. The van der Waals surface area contributed by atoms with E-state index in [0.29, 0.717) is 13.2 Å². The Bertz CT molecular complexity index is 783. The van der Waals surface area contributed by atoms with Crippen molar-refractivity contribution in [2.75, 3.05) is 13.7 Å². The van der Waals surface area contributed by atoms with Crippen LogP contribution in [0, 0.1) is 5.82 Å². The van der Waals surface area contributed by atoms with Crippen molar-refractivity contribution >= 4 is 23.4 Å². The zero-order chi connectivity index (χ0) is 18.9. The molecule has 0 unspecified atom stereocenters. The molecule has 2 N–H and O–H groups in total. The van der Waals surface area contributed by atoms with Crippen LogP contribution in [-0.2, 0) is 22.7 Å². The van der Waals surface area contributed by atoms with E-state index in [9.17, 15) is 14.0 Å². The summed E-state index contributed by atoms with van der Waals surface area (Å²) in [7, 11) is 1.63. The fourth-order valence-electron chi connectivity index (χ4n) is 2.34. The van der Waals surface area contributed by atoms with Gasteiger partial charge in [0.2, 0.25) is 5.91 Å². The van der Waals surface area contributed by atoms with E-state index in [-0.39, 0.29) is 29.5 Å². The van der Waals surface area contributed by atoms with E-state index in [1.54, 1.807) is 7.11 Å². The topological polar surface area (TPSA) is 67.4 Å². The van der Waals surface area contributed by atoms with Crippen LogP contribution in [0.15, 0.2) is 42.5 Å². The molecule has 0 bridgehead atoms. The predicted octanol–water partition coefficient (Wildman–Crippen LogP) is 3.06. The number of halogens is 2. The van der Waals surface area contributed by atoms with Crippen molar-refractivity contribution in [1.29, 1.82) is 0 Å². The Kier molecular flexibility index (Phi) is 7.56. The van der Waals surface area contributed by atoms with Crippen LogP contribution in [0.25, 0.3) is 0 Å². The quantitative estimate of drug-likeness (QED) is 0.741. The first kappa shape index (κ1) is 19.9. The highest BCUT2D eigenvalue weighted by Crippen LogP contribution is 2.16. The van der Waals surface area contributed by atoms with Gasteiger partial charge in [-0.25, -0.2) is 4.39 Å². The summed E-state index contributed by atoms with van der Waals surface area (Å²) in [5.41, 5.74) is 2.17. The lowest BCUT2D eigenvalue weighted by Gasteiger charge is -2.09. The van der Waals surface area contributed by atoms with Crippen molar-refractivity contribution in [3.63, 3.8) is 0 Å². The van der Waals surface area contributed by atoms with Gasteiger partial charge in [0, 0.05) is 26.6 Å². The summed E-state index contributed by atoms with van der Waals surface area (Å²) in [4.78, 5) is 23.9. The van der Waals surface area contributed by atoms with Crippen LogP contribution in [0.1, 0.15) is 27.9 Å². The average molecular weight is 379 g/mol. The molecular formula is C19H20ClFN2O3. The zero-order valence-electron chi connectivity index (χ0n) is 14.4. The SMILES string of the molecule is COCc1cccc(CNC(=O)CCNC(=O)c2ccc(F)cc2Cl)c1. The number of nitrogens with one attached hydrogen (secondary N) is 2. The smallest absolute Gasteiger partial charge is 0.252 e. The maximum absolute atomic E-state index is 13.0. The van der Waals surface area contributed by atoms with Crippen LogP contribution in [0.5, 0.6) is 0 Å². The van der Waals surface area contributed by atoms with Crippen LogP contribution >= 0.6 is 11.6 Å². The van der Waals surface area contributed by atoms with Crippen molar-refractivity contribution in [3.05, 3.63) is 70.0 Å². The lowest BCUT2D eigenvalue weighted by Crippen LogP contribution is -2.30. The normalized spacial score (nSPS) is 10.4. The molecule has 2 amide bonds. The minimum absolute atomic E-state index is 0.0305. The molecule has 0 radical (unpaired) electrons. The second-order valence-corrected chi connectivity index (χ2v) is 6.07. The molecule has 26 heavy (non-hydrogen) atoms. The number of methoxy groups -OCH3 is 1. The average Bonchev–Trinajstić information content (AvgIpc) is 2.60. The van der Waals surface area contributed by atoms with E-state index in [1.165, 1.54) is 6.07 Å². The molecule has 0 aliphatic rings. The van der Waals surface area contributed by atoms with Crippen molar-refractivity contribution in [3.8, 4) is 0 Å². The summed E-state index contributed by atoms with van der Waals surface area (Å²) in [5.74, 6) is -1.15. The van der Waals surface area contributed by atoms with E-state index in [1.807, 2.05) is 24.3 Å². The van der Waals surface area contributed by atoms with Crippen molar-refractivity contribution in [1.82, 2.24) is 10.6 Å². The lowest BCUT2D eigenvalue weighted by molar-refractivity contribution is -0.121. The molecule has 0 aromatic heterocycles. The third-order valence-electron chi connectivity index (χ3n) is 3.61. The molecule has 5 nitrogen and oxygen atoms in total. The summed E-state index contributed by atoms with van der Waals surface area (Å²) in [6.07, 6.45) is 0.127. The standard InChI is InChI=1S/C19H20ClFN2O3/c1-26-12-14-4-2-3-13(9-14)11-23-18(24)7-8-22-19(25)16-6-5-15(21)10-17(16)20/h2-6,9-10H,7-8,11-12H2,1H3,(H,22,25)(H,23,24). The first-order valence-electron chi connectivity index (χ1n) is 8.06. The van der Waals surface area contributed by atoms with Crippen LogP contribution in [0.3, 0.4) is 0 Å². The maximum Gasteiger partial charge on any atom is 0.252 e. The van der Waals surface area contributed by atoms with Gasteiger partial charge in [-0.15, -0.1) is 0 Å². The molecular weight excluding hydrogens is 359 g/mol. The number of carbonyl (C=O) groups excluding carboxylic acids is 2. The number of amides is 2. The highest BCUT2D eigenvalue weighted by atomic mass is 35.5. The van der Waals surface area contributed by atoms with E-state index in [2.05, 4.69) is 10.6 Å². The molecule has 138 valence electrons. The fraction of sp³-hybridized carbons (Fsp3) is 0.263. The van der Waals surface area contributed by atoms with Gasteiger partial charge in [-0.3, -0.25) is 9.59 Å². The fourth-order valence-corrected chi connectivity index (χ4v) is 2.60. The van der Waals surface area contributed by atoms with Gasteiger partial charge in [0.05, 0.1) is 17.2 Å². The van der Waals surface area contributed by atoms with E-state index >= 15 is 0 Å². The Hall–Kier alpha value is -2.44. The van der Waals surface area contributed by atoms with Gasteiger partial charge in [0.15, 0.2) is 0 Å². The molecule has 0 aliphatic heterocycles. The molecule has 0 fully saturated rings. The summed E-state index contributed by atoms with van der Waals surface area (Å²) < 4.78 is 18.1. The van der Waals surface area contributed by atoms with E-state index in [4.69, 9.17) is 16.3 Å². The first-order chi connectivity index (χ1) is 12.5. The van der Waals surface area contributed by atoms with Gasteiger partial charge in [-0.05, 0) is 29.3 Å². The van der Waals surface area contributed by atoms with Gasteiger partial charge in [-0.2, -0.15) is 0 Å². The van der Waals surface area contributed by atoms with Gasteiger partial charge in [-0.1, -0.05) is 35.9 Å². The maximum atomic E-state index is 13.0. The molecule has 0 heterocycles. The molecule has 0 saturated carbocycles. The Morgan fingerprint density at radius 3 is 2.62 bits per heavy atom. The van der Waals surface area contributed by atoms with Crippen LogP contribution < -0.4 is 10.6 Å². The lowest BCUT2D eigenvalue weighted by atomic mass is 10.1.